The standard InChI is InChI=1S/C13H18BrNO2/c1-13(2,12(16)17)8-11(15-3)9-4-6-10(14)7-5-9/h4-7,11,15H,8H2,1-3H3,(H,16,17). The van der Waals surface area contributed by atoms with Gasteiger partial charge in [0, 0.05) is 10.5 Å². The fourth-order valence-corrected chi connectivity index (χ4v) is 1.94. The highest BCUT2D eigenvalue weighted by atomic mass is 79.9. The Hall–Kier alpha value is -0.870. The van der Waals surface area contributed by atoms with Crippen LogP contribution in [0.3, 0.4) is 0 Å². The van der Waals surface area contributed by atoms with E-state index in [2.05, 4.69) is 21.2 Å². The highest BCUT2D eigenvalue weighted by molar-refractivity contribution is 9.10. The van der Waals surface area contributed by atoms with E-state index in [0.29, 0.717) is 6.42 Å². The quantitative estimate of drug-likeness (QED) is 0.878. The highest BCUT2D eigenvalue weighted by Crippen LogP contribution is 2.30. The summed E-state index contributed by atoms with van der Waals surface area (Å²) in [7, 11) is 1.85. The van der Waals surface area contributed by atoms with Crippen LogP contribution in [0.15, 0.2) is 28.7 Å². The van der Waals surface area contributed by atoms with E-state index < -0.39 is 11.4 Å². The number of carbonyl (C=O) groups is 1. The van der Waals surface area contributed by atoms with Crippen LogP contribution in [0.2, 0.25) is 0 Å². The van der Waals surface area contributed by atoms with E-state index in [0.717, 1.165) is 10.0 Å². The Labute approximate surface area is 110 Å². The lowest BCUT2D eigenvalue weighted by molar-refractivity contribution is -0.147. The maximum atomic E-state index is 11.1. The number of rotatable bonds is 5. The number of halogens is 1. The molecule has 0 aliphatic heterocycles. The maximum Gasteiger partial charge on any atom is 0.309 e. The van der Waals surface area contributed by atoms with Gasteiger partial charge in [0.15, 0.2) is 0 Å². The molecule has 1 aromatic rings. The van der Waals surface area contributed by atoms with Gasteiger partial charge in [-0.05, 0) is 45.0 Å². The molecule has 1 unspecified atom stereocenters. The van der Waals surface area contributed by atoms with Crippen molar-refractivity contribution in [2.24, 2.45) is 5.41 Å². The predicted molar refractivity (Wildman–Crippen MR) is 72.0 cm³/mol. The van der Waals surface area contributed by atoms with Crippen LogP contribution in [-0.4, -0.2) is 18.1 Å². The van der Waals surface area contributed by atoms with Crippen LogP contribution in [-0.2, 0) is 4.79 Å². The van der Waals surface area contributed by atoms with Gasteiger partial charge in [0.1, 0.15) is 0 Å². The Morgan fingerprint density at radius 2 is 1.94 bits per heavy atom. The molecule has 0 aliphatic carbocycles. The Morgan fingerprint density at radius 3 is 2.35 bits per heavy atom. The molecule has 0 heterocycles. The predicted octanol–water partition coefficient (Wildman–Crippen LogP) is 3.21. The Kier molecular flexibility index (Phi) is 4.71. The molecule has 1 atom stereocenters. The van der Waals surface area contributed by atoms with Gasteiger partial charge in [-0.2, -0.15) is 0 Å². The van der Waals surface area contributed by atoms with Gasteiger partial charge in [-0.3, -0.25) is 4.79 Å². The lowest BCUT2D eigenvalue weighted by atomic mass is 9.83. The van der Waals surface area contributed by atoms with Crippen LogP contribution in [0.1, 0.15) is 31.9 Å². The number of benzene rings is 1. The topological polar surface area (TPSA) is 49.3 Å². The van der Waals surface area contributed by atoms with Crippen molar-refractivity contribution >= 4 is 21.9 Å². The monoisotopic (exact) mass is 299 g/mol. The lowest BCUT2D eigenvalue weighted by Gasteiger charge is -2.26. The fourth-order valence-electron chi connectivity index (χ4n) is 1.68. The summed E-state index contributed by atoms with van der Waals surface area (Å²) in [5.41, 5.74) is 0.367. The van der Waals surface area contributed by atoms with E-state index in [-0.39, 0.29) is 6.04 Å². The zero-order valence-corrected chi connectivity index (χ0v) is 11.9. The molecule has 4 heteroatoms. The van der Waals surface area contributed by atoms with Gasteiger partial charge in [0.05, 0.1) is 5.41 Å². The molecule has 2 N–H and O–H groups in total. The smallest absolute Gasteiger partial charge is 0.309 e. The maximum absolute atomic E-state index is 11.1. The third-order valence-corrected chi connectivity index (χ3v) is 3.44. The molecule has 0 saturated carbocycles. The van der Waals surface area contributed by atoms with Crippen molar-refractivity contribution in [3.63, 3.8) is 0 Å². The molecule has 0 amide bonds. The molecule has 17 heavy (non-hydrogen) atoms. The second-order valence-electron chi connectivity index (χ2n) is 4.79. The first-order chi connectivity index (χ1) is 7.86. The van der Waals surface area contributed by atoms with Gasteiger partial charge in [0.25, 0.3) is 0 Å². The molecule has 0 aromatic heterocycles. The third-order valence-electron chi connectivity index (χ3n) is 2.91. The summed E-state index contributed by atoms with van der Waals surface area (Å²) in [5, 5.41) is 12.3. The van der Waals surface area contributed by atoms with Crippen LogP contribution in [0.25, 0.3) is 0 Å². The minimum atomic E-state index is -0.769. The van der Waals surface area contributed by atoms with Crippen LogP contribution in [0, 0.1) is 5.41 Å². The number of hydrogen-bond acceptors (Lipinski definition) is 2. The van der Waals surface area contributed by atoms with Gasteiger partial charge >= 0.3 is 5.97 Å². The number of nitrogens with one attached hydrogen (secondary N) is 1. The zero-order chi connectivity index (χ0) is 13.1. The summed E-state index contributed by atoms with van der Waals surface area (Å²) in [6, 6.07) is 7.99. The molecule has 0 bridgehead atoms. The van der Waals surface area contributed by atoms with Crippen molar-refractivity contribution in [3.05, 3.63) is 34.3 Å². The first-order valence-electron chi connectivity index (χ1n) is 5.53. The van der Waals surface area contributed by atoms with E-state index >= 15 is 0 Å². The summed E-state index contributed by atoms with van der Waals surface area (Å²) in [6.45, 7) is 3.50. The minimum Gasteiger partial charge on any atom is -0.481 e. The summed E-state index contributed by atoms with van der Waals surface area (Å²) in [6.07, 6.45) is 0.556. The minimum absolute atomic E-state index is 0.0502. The van der Waals surface area contributed by atoms with Crippen molar-refractivity contribution in [1.82, 2.24) is 5.32 Å². The number of hydrogen-bond donors (Lipinski definition) is 2. The first kappa shape index (κ1) is 14.2. The molecule has 0 fully saturated rings. The largest absolute Gasteiger partial charge is 0.481 e. The van der Waals surface area contributed by atoms with E-state index in [1.54, 1.807) is 13.8 Å². The fraction of sp³-hybridized carbons (Fsp3) is 0.462. The normalized spacial score (nSPS) is 13.4. The number of carboxylic acid groups (broad SMARTS) is 1. The molecule has 0 saturated heterocycles. The van der Waals surface area contributed by atoms with Gasteiger partial charge in [0.2, 0.25) is 0 Å². The van der Waals surface area contributed by atoms with Crippen molar-refractivity contribution in [1.29, 1.82) is 0 Å². The van der Waals surface area contributed by atoms with Crippen LogP contribution in [0.4, 0.5) is 0 Å². The Morgan fingerprint density at radius 1 is 1.41 bits per heavy atom. The summed E-state index contributed by atoms with van der Waals surface area (Å²) in [5.74, 6) is -0.769. The zero-order valence-electron chi connectivity index (χ0n) is 10.3. The molecule has 3 nitrogen and oxygen atoms in total. The highest BCUT2D eigenvalue weighted by Gasteiger charge is 2.30. The van der Waals surface area contributed by atoms with Gasteiger partial charge in [-0.1, -0.05) is 28.1 Å². The molecule has 1 rings (SSSR count). The Balaban J connectivity index is 2.86. The van der Waals surface area contributed by atoms with Crippen LogP contribution >= 0.6 is 15.9 Å². The SMILES string of the molecule is CNC(CC(C)(C)C(=O)O)c1ccc(Br)cc1. The first-order valence-corrected chi connectivity index (χ1v) is 6.32. The molecule has 94 valence electrons. The Bertz CT molecular complexity index is 387. The molecule has 0 radical (unpaired) electrons. The van der Waals surface area contributed by atoms with E-state index in [1.807, 2.05) is 31.3 Å². The molecule has 0 spiro atoms. The van der Waals surface area contributed by atoms with Gasteiger partial charge < -0.3 is 10.4 Å². The third kappa shape index (κ3) is 3.82. The second-order valence-corrected chi connectivity index (χ2v) is 5.70. The van der Waals surface area contributed by atoms with Crippen molar-refractivity contribution in [2.75, 3.05) is 7.05 Å². The average Bonchev–Trinajstić information content (AvgIpc) is 2.27. The van der Waals surface area contributed by atoms with Crippen molar-refractivity contribution < 1.29 is 9.90 Å². The summed E-state index contributed by atoms with van der Waals surface area (Å²) < 4.78 is 1.02. The average molecular weight is 300 g/mol. The lowest BCUT2D eigenvalue weighted by Crippen LogP contribution is -2.30. The number of carboxylic acids is 1. The molecular weight excluding hydrogens is 282 g/mol. The molecule has 0 aliphatic rings. The van der Waals surface area contributed by atoms with Crippen LogP contribution < -0.4 is 5.32 Å². The van der Waals surface area contributed by atoms with Crippen LogP contribution in [0.5, 0.6) is 0 Å². The molecular formula is C13H18BrNO2. The van der Waals surface area contributed by atoms with E-state index in [9.17, 15) is 4.79 Å². The van der Waals surface area contributed by atoms with E-state index in [4.69, 9.17) is 5.11 Å². The van der Waals surface area contributed by atoms with Gasteiger partial charge in [-0.25, -0.2) is 0 Å². The number of aliphatic carboxylic acids is 1. The second kappa shape index (κ2) is 5.65. The summed E-state index contributed by atoms with van der Waals surface area (Å²) in [4.78, 5) is 11.1. The van der Waals surface area contributed by atoms with Crippen molar-refractivity contribution in [3.8, 4) is 0 Å². The van der Waals surface area contributed by atoms with Crippen molar-refractivity contribution in [2.45, 2.75) is 26.3 Å². The van der Waals surface area contributed by atoms with Gasteiger partial charge in [-0.15, -0.1) is 0 Å². The summed E-state index contributed by atoms with van der Waals surface area (Å²) >= 11 is 3.39. The molecule has 1 aromatic carbocycles. The van der Waals surface area contributed by atoms with E-state index in [1.165, 1.54) is 0 Å².